The summed E-state index contributed by atoms with van der Waals surface area (Å²) in [4.78, 5) is 17.3. The van der Waals surface area contributed by atoms with E-state index in [1.54, 1.807) is 12.4 Å². The van der Waals surface area contributed by atoms with Crippen LogP contribution in [0, 0.1) is 0 Å². The topological polar surface area (TPSA) is 45.2 Å². The number of hydrogen-bond donors (Lipinski definition) is 1. The molecule has 7 heteroatoms. The number of urea groups is 1. The number of nitrogens with zero attached hydrogens (tertiary/aromatic N) is 2. The van der Waals surface area contributed by atoms with Crippen molar-refractivity contribution in [3.05, 3.63) is 59.9 Å². The van der Waals surface area contributed by atoms with Crippen LogP contribution in [0.15, 0.2) is 48.8 Å². The van der Waals surface area contributed by atoms with Gasteiger partial charge < -0.3 is 10.2 Å². The lowest BCUT2D eigenvalue weighted by atomic mass is 10.1. The van der Waals surface area contributed by atoms with Gasteiger partial charge in [-0.15, -0.1) is 0 Å². The second kappa shape index (κ2) is 7.13. The molecule has 0 bridgehead atoms. The lowest BCUT2D eigenvalue weighted by molar-refractivity contribution is -0.136. The number of anilines is 1. The van der Waals surface area contributed by atoms with Gasteiger partial charge in [0.05, 0.1) is 11.3 Å². The second-order valence-corrected chi connectivity index (χ2v) is 5.00. The molecule has 1 heterocycles. The molecule has 1 aromatic heterocycles. The number of hydrogen-bond acceptors (Lipinski definition) is 2. The molecule has 2 rings (SSSR count). The third-order valence-electron chi connectivity index (χ3n) is 3.31. The summed E-state index contributed by atoms with van der Waals surface area (Å²) in [6.45, 7) is 0.379. The van der Waals surface area contributed by atoms with E-state index in [0.29, 0.717) is 13.0 Å². The smallest absolute Gasteiger partial charge is 0.327 e. The van der Waals surface area contributed by atoms with Gasteiger partial charge in [-0.25, -0.2) is 4.79 Å². The molecule has 0 aliphatic heterocycles. The first-order valence-electron chi connectivity index (χ1n) is 6.95. The number of pyridine rings is 1. The van der Waals surface area contributed by atoms with Crippen LogP contribution in [0.1, 0.15) is 11.1 Å². The van der Waals surface area contributed by atoms with E-state index in [9.17, 15) is 18.0 Å². The van der Waals surface area contributed by atoms with Crippen molar-refractivity contribution in [2.24, 2.45) is 0 Å². The fourth-order valence-corrected chi connectivity index (χ4v) is 2.00. The molecular formula is C16H16F3N3O. The van der Waals surface area contributed by atoms with E-state index in [2.05, 4.69) is 10.3 Å². The van der Waals surface area contributed by atoms with Gasteiger partial charge >= 0.3 is 12.2 Å². The highest BCUT2D eigenvalue weighted by molar-refractivity contribution is 5.90. The van der Waals surface area contributed by atoms with Crippen LogP contribution < -0.4 is 5.32 Å². The van der Waals surface area contributed by atoms with Crippen molar-refractivity contribution in [1.82, 2.24) is 9.88 Å². The third-order valence-corrected chi connectivity index (χ3v) is 3.31. The van der Waals surface area contributed by atoms with Crippen LogP contribution in [-0.4, -0.2) is 29.5 Å². The van der Waals surface area contributed by atoms with Crippen molar-refractivity contribution in [2.75, 3.05) is 18.9 Å². The number of aromatic nitrogens is 1. The van der Waals surface area contributed by atoms with E-state index in [1.807, 2.05) is 12.1 Å². The molecule has 0 fully saturated rings. The lowest BCUT2D eigenvalue weighted by Crippen LogP contribution is -2.33. The van der Waals surface area contributed by atoms with Crippen LogP contribution in [0.25, 0.3) is 0 Å². The maximum atomic E-state index is 12.9. The summed E-state index contributed by atoms with van der Waals surface area (Å²) in [5.41, 5.74) is -0.119. The highest BCUT2D eigenvalue weighted by Gasteiger charge is 2.33. The Balaban J connectivity index is 1.99. The van der Waals surface area contributed by atoms with Gasteiger partial charge in [-0.3, -0.25) is 4.98 Å². The van der Waals surface area contributed by atoms with Crippen LogP contribution in [0.2, 0.25) is 0 Å². The molecule has 2 amide bonds. The van der Waals surface area contributed by atoms with Gasteiger partial charge in [0.2, 0.25) is 0 Å². The van der Waals surface area contributed by atoms with E-state index < -0.39 is 17.8 Å². The number of para-hydroxylation sites is 1. The Labute approximate surface area is 132 Å². The molecule has 1 N–H and O–H groups in total. The van der Waals surface area contributed by atoms with Gasteiger partial charge in [-0.1, -0.05) is 12.1 Å². The SMILES string of the molecule is CN(CCc1ccncc1)C(=O)Nc1ccccc1C(F)(F)F. The molecule has 2 aromatic rings. The predicted octanol–water partition coefficient (Wildman–Crippen LogP) is 3.81. The first-order chi connectivity index (χ1) is 10.9. The predicted molar refractivity (Wildman–Crippen MR) is 81.0 cm³/mol. The van der Waals surface area contributed by atoms with Gasteiger partial charge in [-0.2, -0.15) is 13.2 Å². The van der Waals surface area contributed by atoms with Gasteiger partial charge in [-0.05, 0) is 36.2 Å². The summed E-state index contributed by atoms with van der Waals surface area (Å²) in [6.07, 6.45) is -0.628. The number of carbonyl (C=O) groups is 1. The summed E-state index contributed by atoms with van der Waals surface area (Å²) >= 11 is 0. The molecule has 0 spiro atoms. The summed E-state index contributed by atoms with van der Waals surface area (Å²) in [5, 5.41) is 2.31. The summed E-state index contributed by atoms with van der Waals surface area (Å²) < 4.78 is 38.7. The Morgan fingerprint density at radius 3 is 2.48 bits per heavy atom. The number of amides is 2. The number of rotatable bonds is 4. The molecule has 0 saturated heterocycles. The highest BCUT2D eigenvalue weighted by Crippen LogP contribution is 2.34. The zero-order valence-corrected chi connectivity index (χ0v) is 12.5. The van der Waals surface area contributed by atoms with Crippen molar-refractivity contribution in [2.45, 2.75) is 12.6 Å². The number of nitrogens with one attached hydrogen (secondary N) is 1. The molecule has 0 atom stereocenters. The minimum atomic E-state index is -4.51. The summed E-state index contributed by atoms with van der Waals surface area (Å²) in [6, 6.07) is 7.96. The molecule has 0 aliphatic carbocycles. The fourth-order valence-electron chi connectivity index (χ4n) is 2.00. The minimum Gasteiger partial charge on any atom is -0.327 e. The zero-order chi connectivity index (χ0) is 16.9. The van der Waals surface area contributed by atoms with Gasteiger partial charge in [0.1, 0.15) is 0 Å². The van der Waals surface area contributed by atoms with E-state index in [-0.39, 0.29) is 5.69 Å². The Morgan fingerprint density at radius 1 is 1.17 bits per heavy atom. The first kappa shape index (κ1) is 16.8. The molecule has 0 aliphatic rings. The maximum Gasteiger partial charge on any atom is 0.418 e. The second-order valence-electron chi connectivity index (χ2n) is 5.00. The largest absolute Gasteiger partial charge is 0.418 e. The number of benzene rings is 1. The van der Waals surface area contributed by atoms with Crippen LogP contribution in [0.4, 0.5) is 23.7 Å². The summed E-state index contributed by atoms with van der Waals surface area (Å²) in [7, 11) is 1.53. The van der Waals surface area contributed by atoms with Gasteiger partial charge in [0.25, 0.3) is 0 Å². The van der Waals surface area contributed by atoms with Crippen molar-refractivity contribution in [3.63, 3.8) is 0 Å². The molecule has 4 nitrogen and oxygen atoms in total. The van der Waals surface area contributed by atoms with E-state index in [0.717, 1.165) is 11.6 Å². The normalized spacial score (nSPS) is 11.1. The summed E-state index contributed by atoms with van der Waals surface area (Å²) in [5.74, 6) is 0. The van der Waals surface area contributed by atoms with Crippen molar-refractivity contribution in [3.8, 4) is 0 Å². The molecule has 122 valence electrons. The quantitative estimate of drug-likeness (QED) is 0.930. The number of likely N-dealkylation sites (N-methyl/N-ethyl adjacent to an activating group) is 1. The fraction of sp³-hybridized carbons (Fsp3) is 0.250. The standard InChI is InChI=1S/C16H16F3N3O/c1-22(11-8-12-6-9-20-10-7-12)15(23)21-14-5-3-2-4-13(14)16(17,18)19/h2-7,9-10H,8,11H2,1H3,(H,21,23). The lowest BCUT2D eigenvalue weighted by Gasteiger charge is -2.20. The monoisotopic (exact) mass is 323 g/mol. The Kier molecular flexibility index (Phi) is 5.20. The van der Waals surface area contributed by atoms with Crippen LogP contribution in [-0.2, 0) is 12.6 Å². The Hall–Kier alpha value is -2.57. The highest BCUT2D eigenvalue weighted by atomic mass is 19.4. The van der Waals surface area contributed by atoms with E-state index in [4.69, 9.17) is 0 Å². The molecule has 0 unspecified atom stereocenters. The van der Waals surface area contributed by atoms with Gasteiger partial charge in [0, 0.05) is 26.0 Å². The van der Waals surface area contributed by atoms with Crippen LogP contribution in [0.5, 0.6) is 0 Å². The Morgan fingerprint density at radius 2 is 1.83 bits per heavy atom. The molecule has 23 heavy (non-hydrogen) atoms. The van der Waals surface area contributed by atoms with Crippen LogP contribution >= 0.6 is 0 Å². The number of alkyl halides is 3. The Bertz CT molecular complexity index is 659. The maximum absolute atomic E-state index is 12.9. The zero-order valence-electron chi connectivity index (χ0n) is 12.5. The van der Waals surface area contributed by atoms with E-state index >= 15 is 0 Å². The minimum absolute atomic E-state index is 0.249. The molecule has 0 radical (unpaired) electrons. The first-order valence-corrected chi connectivity index (χ1v) is 6.95. The van der Waals surface area contributed by atoms with Crippen molar-refractivity contribution < 1.29 is 18.0 Å². The average Bonchev–Trinajstić information content (AvgIpc) is 2.53. The average molecular weight is 323 g/mol. The van der Waals surface area contributed by atoms with Gasteiger partial charge in [0.15, 0.2) is 0 Å². The third kappa shape index (κ3) is 4.70. The van der Waals surface area contributed by atoms with E-state index in [1.165, 1.54) is 30.1 Å². The van der Waals surface area contributed by atoms with Crippen molar-refractivity contribution in [1.29, 1.82) is 0 Å². The molecule has 0 saturated carbocycles. The number of halogens is 3. The molecule has 1 aromatic carbocycles. The van der Waals surface area contributed by atoms with Crippen molar-refractivity contribution >= 4 is 11.7 Å². The van der Waals surface area contributed by atoms with Crippen LogP contribution in [0.3, 0.4) is 0 Å². The molecular weight excluding hydrogens is 307 g/mol. The number of carbonyl (C=O) groups excluding carboxylic acids is 1.